The summed E-state index contributed by atoms with van der Waals surface area (Å²) < 4.78 is 12.7. The van der Waals surface area contributed by atoms with Crippen molar-refractivity contribution in [2.24, 2.45) is 0 Å². The van der Waals surface area contributed by atoms with Crippen molar-refractivity contribution in [1.82, 2.24) is 0 Å². The van der Waals surface area contributed by atoms with Gasteiger partial charge in [-0.15, -0.1) is 0 Å². The van der Waals surface area contributed by atoms with Gasteiger partial charge >= 0.3 is 0 Å². The van der Waals surface area contributed by atoms with E-state index in [1.807, 2.05) is 0 Å². The lowest BCUT2D eigenvalue weighted by molar-refractivity contribution is -0.115. The first kappa shape index (κ1) is 13.8. The normalized spacial score (nSPS) is 10.3. The van der Waals surface area contributed by atoms with Crippen molar-refractivity contribution in [3.8, 4) is 0 Å². The van der Waals surface area contributed by atoms with Gasteiger partial charge in [0.15, 0.2) is 0 Å². The highest BCUT2D eigenvalue weighted by molar-refractivity contribution is 6.43. The molecular formula is C14H10Cl2FNO. The molecule has 0 spiro atoms. The molecule has 2 aromatic rings. The van der Waals surface area contributed by atoms with Crippen LogP contribution in [0.2, 0.25) is 10.0 Å². The van der Waals surface area contributed by atoms with Crippen LogP contribution >= 0.6 is 23.2 Å². The van der Waals surface area contributed by atoms with Crippen molar-refractivity contribution in [3.63, 3.8) is 0 Å². The smallest absolute Gasteiger partial charge is 0.228 e. The molecule has 0 unspecified atom stereocenters. The number of anilines is 1. The highest BCUT2D eigenvalue weighted by atomic mass is 35.5. The van der Waals surface area contributed by atoms with Crippen molar-refractivity contribution < 1.29 is 9.18 Å². The minimum absolute atomic E-state index is 0.142. The zero-order valence-corrected chi connectivity index (χ0v) is 11.3. The Hall–Kier alpha value is -1.58. The Morgan fingerprint density at radius 1 is 1.11 bits per heavy atom. The lowest BCUT2D eigenvalue weighted by Gasteiger charge is -2.08. The number of carbonyl (C=O) groups is 1. The number of benzene rings is 2. The molecule has 0 atom stereocenters. The fraction of sp³-hybridized carbons (Fsp3) is 0.0714. The second-order valence-corrected chi connectivity index (χ2v) is 4.74. The van der Waals surface area contributed by atoms with Gasteiger partial charge in [0.2, 0.25) is 5.91 Å². The molecule has 1 amide bonds. The first-order valence-electron chi connectivity index (χ1n) is 5.54. The van der Waals surface area contributed by atoms with Crippen molar-refractivity contribution in [1.29, 1.82) is 0 Å². The standard InChI is InChI=1S/C14H10Cl2FNO/c15-11-2-1-3-12(14(11)16)18-13(19)8-9-4-6-10(17)7-5-9/h1-7H,8H2,(H,18,19). The predicted octanol–water partition coefficient (Wildman–Crippen LogP) is 4.31. The van der Waals surface area contributed by atoms with Crippen molar-refractivity contribution >= 4 is 34.8 Å². The third-order valence-electron chi connectivity index (χ3n) is 2.50. The summed E-state index contributed by atoms with van der Waals surface area (Å²) >= 11 is 11.8. The van der Waals surface area contributed by atoms with Gasteiger partial charge < -0.3 is 5.32 Å². The molecule has 19 heavy (non-hydrogen) atoms. The van der Waals surface area contributed by atoms with E-state index in [2.05, 4.69) is 5.32 Å². The molecule has 0 aliphatic rings. The van der Waals surface area contributed by atoms with E-state index in [9.17, 15) is 9.18 Å². The van der Waals surface area contributed by atoms with Gasteiger partial charge in [-0.1, -0.05) is 41.4 Å². The molecule has 2 rings (SSSR count). The summed E-state index contributed by atoms with van der Waals surface area (Å²) in [5.41, 5.74) is 1.18. The Morgan fingerprint density at radius 3 is 2.47 bits per heavy atom. The Labute approximate surface area is 120 Å². The van der Waals surface area contributed by atoms with Gasteiger partial charge in [0.25, 0.3) is 0 Å². The Bertz CT molecular complexity index is 599. The van der Waals surface area contributed by atoms with Crippen LogP contribution in [0.3, 0.4) is 0 Å². The Morgan fingerprint density at radius 2 is 1.79 bits per heavy atom. The summed E-state index contributed by atoms with van der Waals surface area (Å²) in [5.74, 6) is -0.571. The van der Waals surface area contributed by atoms with Crippen LogP contribution in [0.25, 0.3) is 0 Å². The maximum atomic E-state index is 12.7. The molecule has 1 N–H and O–H groups in total. The second-order valence-electron chi connectivity index (χ2n) is 3.95. The van der Waals surface area contributed by atoms with E-state index < -0.39 is 0 Å². The number of hydrogen-bond acceptors (Lipinski definition) is 1. The molecule has 2 nitrogen and oxygen atoms in total. The number of nitrogens with one attached hydrogen (secondary N) is 1. The number of halogens is 3. The molecule has 0 aromatic heterocycles. The summed E-state index contributed by atoms with van der Waals surface area (Å²) in [6.45, 7) is 0. The quantitative estimate of drug-likeness (QED) is 0.898. The van der Waals surface area contributed by atoms with Gasteiger partial charge in [-0.25, -0.2) is 4.39 Å². The monoisotopic (exact) mass is 297 g/mol. The van der Waals surface area contributed by atoms with E-state index in [0.717, 1.165) is 5.56 Å². The van der Waals surface area contributed by atoms with Crippen LogP contribution in [0, 0.1) is 5.82 Å². The van der Waals surface area contributed by atoms with Crippen LogP contribution < -0.4 is 5.32 Å². The highest BCUT2D eigenvalue weighted by Gasteiger charge is 2.08. The summed E-state index contributed by atoms with van der Waals surface area (Å²) in [6.07, 6.45) is 0.142. The van der Waals surface area contributed by atoms with E-state index in [4.69, 9.17) is 23.2 Å². The second kappa shape index (κ2) is 6.04. The lowest BCUT2D eigenvalue weighted by Crippen LogP contribution is -2.14. The Kier molecular flexibility index (Phi) is 4.40. The van der Waals surface area contributed by atoms with Gasteiger partial charge in [-0.3, -0.25) is 4.79 Å². The van der Waals surface area contributed by atoms with Crippen LogP contribution in [0.1, 0.15) is 5.56 Å². The highest BCUT2D eigenvalue weighted by Crippen LogP contribution is 2.29. The number of rotatable bonds is 3. The minimum Gasteiger partial charge on any atom is -0.324 e. The van der Waals surface area contributed by atoms with E-state index in [1.54, 1.807) is 30.3 Å². The summed E-state index contributed by atoms with van der Waals surface area (Å²) in [6, 6.07) is 10.8. The molecule has 0 fully saturated rings. The van der Waals surface area contributed by atoms with E-state index in [0.29, 0.717) is 15.7 Å². The molecular weight excluding hydrogens is 288 g/mol. The van der Waals surface area contributed by atoms with Gasteiger partial charge in [0, 0.05) is 0 Å². The van der Waals surface area contributed by atoms with Gasteiger partial charge in [-0.05, 0) is 29.8 Å². The molecule has 98 valence electrons. The average Bonchev–Trinajstić information content (AvgIpc) is 2.38. The number of hydrogen-bond donors (Lipinski definition) is 1. The van der Waals surface area contributed by atoms with Crippen LogP contribution in [0.5, 0.6) is 0 Å². The fourth-order valence-electron chi connectivity index (χ4n) is 1.58. The number of carbonyl (C=O) groups excluding carboxylic acids is 1. The molecule has 0 aliphatic carbocycles. The average molecular weight is 298 g/mol. The zero-order chi connectivity index (χ0) is 13.8. The van der Waals surface area contributed by atoms with Crippen LogP contribution in [-0.4, -0.2) is 5.91 Å². The predicted molar refractivity (Wildman–Crippen MR) is 75.2 cm³/mol. The van der Waals surface area contributed by atoms with Crippen molar-refractivity contribution in [2.45, 2.75) is 6.42 Å². The molecule has 0 saturated heterocycles. The molecule has 0 bridgehead atoms. The molecule has 0 aliphatic heterocycles. The largest absolute Gasteiger partial charge is 0.324 e. The molecule has 2 aromatic carbocycles. The van der Waals surface area contributed by atoms with Gasteiger partial charge in [0.1, 0.15) is 5.82 Å². The van der Waals surface area contributed by atoms with E-state index in [1.165, 1.54) is 12.1 Å². The summed E-state index contributed by atoms with van der Waals surface area (Å²) in [7, 11) is 0. The molecule has 0 saturated carbocycles. The first-order chi connectivity index (χ1) is 9.06. The maximum Gasteiger partial charge on any atom is 0.228 e. The molecule has 5 heteroatoms. The van der Waals surface area contributed by atoms with Gasteiger partial charge in [-0.2, -0.15) is 0 Å². The summed E-state index contributed by atoms with van der Waals surface area (Å²) in [4.78, 5) is 11.8. The van der Waals surface area contributed by atoms with E-state index in [-0.39, 0.29) is 18.1 Å². The fourth-order valence-corrected chi connectivity index (χ4v) is 1.93. The van der Waals surface area contributed by atoms with Crippen LogP contribution in [0.4, 0.5) is 10.1 Å². The van der Waals surface area contributed by atoms with Crippen LogP contribution in [0.15, 0.2) is 42.5 Å². The Balaban J connectivity index is 2.05. The maximum absolute atomic E-state index is 12.7. The zero-order valence-electron chi connectivity index (χ0n) is 9.79. The van der Waals surface area contributed by atoms with Gasteiger partial charge in [0.05, 0.1) is 22.2 Å². The van der Waals surface area contributed by atoms with Crippen LogP contribution in [-0.2, 0) is 11.2 Å². The van der Waals surface area contributed by atoms with Crippen molar-refractivity contribution in [3.05, 3.63) is 63.9 Å². The third-order valence-corrected chi connectivity index (χ3v) is 3.32. The third kappa shape index (κ3) is 3.69. The van der Waals surface area contributed by atoms with Crippen molar-refractivity contribution in [2.75, 3.05) is 5.32 Å². The molecule has 0 heterocycles. The minimum atomic E-state index is -0.331. The SMILES string of the molecule is O=C(Cc1ccc(F)cc1)Nc1cccc(Cl)c1Cl. The summed E-state index contributed by atoms with van der Waals surface area (Å²) in [5, 5.41) is 3.34. The lowest BCUT2D eigenvalue weighted by atomic mass is 10.1. The van der Waals surface area contributed by atoms with E-state index >= 15 is 0 Å². The molecule has 0 radical (unpaired) electrons. The first-order valence-corrected chi connectivity index (χ1v) is 6.30. The topological polar surface area (TPSA) is 29.1 Å². The number of amides is 1.